The molecule has 37 heavy (non-hydrogen) atoms. The number of aromatic amines is 1. The normalized spacial score (nSPS) is 26.2. The summed E-state index contributed by atoms with van der Waals surface area (Å²) in [6.45, 7) is -2.71. The van der Waals surface area contributed by atoms with Crippen LogP contribution in [0.15, 0.2) is 24.7 Å². The van der Waals surface area contributed by atoms with Crippen molar-refractivity contribution >= 4 is 15.7 Å². The van der Waals surface area contributed by atoms with Crippen molar-refractivity contribution in [2.75, 3.05) is 24.7 Å². The second-order valence-electron chi connectivity index (χ2n) is 9.81. The number of nitrogens with one attached hydrogen (secondary N) is 1. The van der Waals surface area contributed by atoms with E-state index in [4.69, 9.17) is 4.74 Å². The van der Waals surface area contributed by atoms with Crippen molar-refractivity contribution in [1.29, 1.82) is 0 Å². The first kappa shape index (κ1) is 26.1. The number of benzene rings is 1. The fourth-order valence-corrected chi connectivity index (χ4v) is 6.76. The molecule has 15 heteroatoms. The first-order valence-corrected chi connectivity index (χ1v) is 13.0. The van der Waals surface area contributed by atoms with Crippen molar-refractivity contribution in [2.45, 2.75) is 50.1 Å². The van der Waals surface area contributed by atoms with Gasteiger partial charge in [-0.05, 0) is 42.7 Å². The van der Waals surface area contributed by atoms with Gasteiger partial charge < -0.3 is 19.7 Å². The highest BCUT2D eigenvalue weighted by molar-refractivity contribution is 7.89. The van der Waals surface area contributed by atoms with Crippen molar-refractivity contribution in [3.63, 3.8) is 0 Å². The number of sulfonamides is 1. The van der Waals surface area contributed by atoms with Crippen LogP contribution in [0.3, 0.4) is 0 Å². The molecule has 0 spiro atoms. The van der Waals surface area contributed by atoms with E-state index in [1.807, 2.05) is 0 Å². The van der Waals surface area contributed by atoms with E-state index in [1.54, 1.807) is 4.90 Å². The third kappa shape index (κ3) is 4.34. The van der Waals surface area contributed by atoms with Crippen LogP contribution in [0.25, 0.3) is 0 Å². The van der Waals surface area contributed by atoms with Crippen LogP contribution in [-0.4, -0.2) is 59.1 Å². The minimum absolute atomic E-state index is 0.0504. The number of hydrogen-bond acceptors (Lipinski definition) is 6. The number of aromatic nitrogens is 2. The Labute approximate surface area is 208 Å². The summed E-state index contributed by atoms with van der Waals surface area (Å²) in [5.41, 5.74) is -7.03. The lowest BCUT2D eigenvalue weighted by Gasteiger charge is -2.67. The zero-order valence-electron chi connectivity index (χ0n) is 19.3. The number of aliphatic hydroxyl groups excluding tert-OH is 1. The van der Waals surface area contributed by atoms with Gasteiger partial charge in [0.05, 0.1) is 30.7 Å². The van der Waals surface area contributed by atoms with Crippen LogP contribution < -0.4 is 9.64 Å². The lowest BCUT2D eigenvalue weighted by atomic mass is 9.41. The number of hydrogen-bond donors (Lipinski definition) is 2. The van der Waals surface area contributed by atoms with Gasteiger partial charge in [0.1, 0.15) is 12.4 Å². The van der Waals surface area contributed by atoms with Crippen molar-refractivity contribution in [3.8, 4) is 5.75 Å². The molecule has 6 rings (SSSR count). The zero-order valence-corrected chi connectivity index (χ0v) is 20.1. The molecule has 1 aromatic carbocycles. The van der Waals surface area contributed by atoms with Crippen molar-refractivity contribution in [2.24, 2.45) is 11.3 Å². The van der Waals surface area contributed by atoms with E-state index in [1.165, 1.54) is 12.5 Å². The minimum atomic E-state index is -5.90. The van der Waals surface area contributed by atoms with Gasteiger partial charge in [-0.25, -0.2) is 13.4 Å². The van der Waals surface area contributed by atoms with E-state index in [0.29, 0.717) is 30.9 Å². The van der Waals surface area contributed by atoms with Gasteiger partial charge in [-0.3, -0.25) is 0 Å². The maximum atomic E-state index is 13.9. The summed E-state index contributed by atoms with van der Waals surface area (Å²) in [6, 6.07) is 1.20. The average molecular weight is 555 g/mol. The molecule has 4 aliphatic rings. The molecule has 3 saturated carbocycles. The predicted octanol–water partition coefficient (Wildman–Crippen LogP) is 3.64. The molecule has 2 aromatic rings. The predicted molar refractivity (Wildman–Crippen MR) is 118 cm³/mol. The maximum absolute atomic E-state index is 13.9. The maximum Gasteiger partial charge on any atom is 0.511 e. The van der Waals surface area contributed by atoms with E-state index in [-0.39, 0.29) is 22.1 Å². The van der Waals surface area contributed by atoms with E-state index in [2.05, 4.69) is 9.97 Å². The highest BCUT2D eigenvalue weighted by Gasteiger charge is 2.64. The number of nitrogens with zero attached hydrogens (tertiary/aromatic N) is 3. The first-order valence-electron chi connectivity index (χ1n) is 11.5. The number of rotatable bonds is 7. The highest BCUT2D eigenvalue weighted by atomic mass is 32.2. The number of ether oxygens (including phenoxy) is 1. The van der Waals surface area contributed by atoms with Crippen LogP contribution in [0.5, 0.6) is 5.75 Å². The van der Waals surface area contributed by atoms with Gasteiger partial charge in [0, 0.05) is 36.6 Å². The molecule has 1 aliphatic heterocycles. The summed E-state index contributed by atoms with van der Waals surface area (Å²) in [6.07, 6.45) is 0.0259. The summed E-state index contributed by atoms with van der Waals surface area (Å²) in [5, 5.41) is 9.20. The number of alkyl halides is 6. The molecular weight excluding hydrogens is 530 g/mol. The van der Waals surface area contributed by atoms with E-state index < -0.39 is 70.8 Å². The monoisotopic (exact) mass is 554 g/mol. The fraction of sp³-hybridized carbons (Fsp3) is 0.591. The molecule has 1 atom stereocenters. The lowest BCUT2D eigenvalue weighted by Crippen LogP contribution is -2.66. The Morgan fingerprint density at radius 1 is 1.16 bits per heavy atom. The Hall–Kier alpha value is -2.52. The van der Waals surface area contributed by atoms with Crippen molar-refractivity contribution < 1.29 is 44.6 Å². The SMILES string of the molecule is O=S(=O)(N1Cc2c(ccc(C(F)(F)F)c2OCCO)N(Cc2cnc[nH]2)C(C23CC(C2)C3)C1)C(F)(F)F. The molecular formula is C22H24F6N4O4S. The molecule has 2 N–H and O–H groups in total. The van der Waals surface area contributed by atoms with Gasteiger partial charge >= 0.3 is 21.7 Å². The number of halogens is 6. The molecule has 0 saturated heterocycles. The Balaban J connectivity index is 1.72. The molecule has 3 fully saturated rings. The van der Waals surface area contributed by atoms with Gasteiger partial charge in [-0.2, -0.15) is 30.6 Å². The van der Waals surface area contributed by atoms with E-state index >= 15 is 0 Å². The lowest BCUT2D eigenvalue weighted by molar-refractivity contribution is -0.139. The van der Waals surface area contributed by atoms with Gasteiger partial charge in [-0.1, -0.05) is 0 Å². The molecule has 0 radical (unpaired) electrons. The summed E-state index contributed by atoms with van der Waals surface area (Å²) >= 11 is 0. The topological polar surface area (TPSA) is 98.8 Å². The third-order valence-corrected chi connectivity index (χ3v) is 9.14. The Morgan fingerprint density at radius 2 is 1.86 bits per heavy atom. The fourth-order valence-electron chi connectivity index (χ4n) is 5.83. The standard InChI is InChI=1S/C22H24F6N4O4S/c23-21(24,25)16-1-2-17-15(19(16)36-4-3-33)10-31(37(34,35)22(26,27)28)11-18(20-5-13(6-20)7-20)32(17)9-14-8-29-12-30-14/h1-2,8,12-13,18,33H,3-7,9-11H2,(H,29,30). The van der Waals surface area contributed by atoms with Crippen LogP contribution in [0, 0.1) is 11.3 Å². The van der Waals surface area contributed by atoms with Gasteiger partial charge in [0.25, 0.3) is 0 Å². The van der Waals surface area contributed by atoms with Crippen LogP contribution in [-0.2, 0) is 29.3 Å². The smallest absolute Gasteiger partial charge is 0.490 e. The molecule has 2 heterocycles. The third-order valence-electron chi connectivity index (χ3n) is 7.60. The molecule has 204 valence electrons. The first-order chi connectivity index (χ1) is 17.3. The Kier molecular flexibility index (Phi) is 6.18. The molecule has 0 amide bonds. The number of anilines is 1. The molecule has 1 unspecified atom stereocenters. The molecule has 2 bridgehead atoms. The summed E-state index contributed by atoms with van der Waals surface area (Å²) in [4.78, 5) is 8.53. The van der Waals surface area contributed by atoms with Crippen molar-refractivity contribution in [1.82, 2.24) is 14.3 Å². The number of imidazole rings is 1. The van der Waals surface area contributed by atoms with Crippen LogP contribution in [0.1, 0.15) is 36.1 Å². The van der Waals surface area contributed by atoms with Crippen LogP contribution in [0.4, 0.5) is 32.0 Å². The molecule has 3 aliphatic carbocycles. The second kappa shape index (κ2) is 8.76. The average Bonchev–Trinajstić information content (AvgIpc) is 3.18. The van der Waals surface area contributed by atoms with Crippen LogP contribution in [0.2, 0.25) is 0 Å². The number of aliphatic hydroxyl groups is 1. The zero-order chi connectivity index (χ0) is 26.8. The number of H-pyrrole nitrogens is 1. The van der Waals surface area contributed by atoms with Crippen LogP contribution >= 0.6 is 0 Å². The Morgan fingerprint density at radius 3 is 2.38 bits per heavy atom. The van der Waals surface area contributed by atoms with Gasteiger partial charge in [-0.15, -0.1) is 0 Å². The Bertz CT molecular complexity index is 1250. The van der Waals surface area contributed by atoms with E-state index in [0.717, 1.165) is 12.1 Å². The summed E-state index contributed by atoms with van der Waals surface area (Å²) in [5.74, 6) is -0.394. The summed E-state index contributed by atoms with van der Waals surface area (Å²) < 4.78 is 114. The second-order valence-corrected chi connectivity index (χ2v) is 11.7. The molecule has 1 aromatic heterocycles. The summed E-state index contributed by atoms with van der Waals surface area (Å²) in [7, 11) is -5.90. The quantitative estimate of drug-likeness (QED) is 0.508. The minimum Gasteiger partial charge on any atom is -0.490 e. The largest absolute Gasteiger partial charge is 0.511 e. The van der Waals surface area contributed by atoms with E-state index in [9.17, 15) is 39.9 Å². The molecule has 8 nitrogen and oxygen atoms in total. The van der Waals surface area contributed by atoms with Crippen molar-refractivity contribution in [3.05, 3.63) is 41.5 Å². The number of fused-ring (bicyclic) bond motifs is 1. The highest BCUT2D eigenvalue weighted by Crippen LogP contribution is 2.68. The van der Waals surface area contributed by atoms with Gasteiger partial charge in [0.2, 0.25) is 0 Å². The van der Waals surface area contributed by atoms with Gasteiger partial charge in [0.15, 0.2) is 0 Å².